The average Bonchev–Trinajstić information content (AvgIpc) is 3.29. The van der Waals surface area contributed by atoms with E-state index in [4.69, 9.17) is 4.42 Å². The molecule has 0 saturated heterocycles. The number of nitrogens with zero attached hydrogens (tertiary/aromatic N) is 3. The zero-order chi connectivity index (χ0) is 19.4. The number of carbonyl (C=O) groups excluding carboxylic acids is 1. The van der Waals surface area contributed by atoms with Gasteiger partial charge in [0.2, 0.25) is 11.8 Å². The van der Waals surface area contributed by atoms with Crippen LogP contribution in [-0.2, 0) is 10.2 Å². The van der Waals surface area contributed by atoms with Gasteiger partial charge in [-0.2, -0.15) is 0 Å². The molecule has 0 aliphatic rings. The summed E-state index contributed by atoms with van der Waals surface area (Å²) < 4.78 is 5.73. The molecule has 1 atom stereocenters. The Morgan fingerprint density at radius 2 is 2.04 bits per heavy atom. The van der Waals surface area contributed by atoms with Crippen molar-refractivity contribution in [2.75, 3.05) is 5.32 Å². The third kappa shape index (κ3) is 4.89. The summed E-state index contributed by atoms with van der Waals surface area (Å²) in [6.07, 6.45) is 10.5. The van der Waals surface area contributed by atoms with Gasteiger partial charge in [0.25, 0.3) is 0 Å². The van der Waals surface area contributed by atoms with E-state index in [-0.39, 0.29) is 17.2 Å². The molecule has 7 heteroatoms. The summed E-state index contributed by atoms with van der Waals surface area (Å²) in [7, 11) is 0. The molecule has 3 heterocycles. The van der Waals surface area contributed by atoms with Gasteiger partial charge in [-0.15, -0.1) is 0 Å². The highest BCUT2D eigenvalue weighted by Gasteiger charge is 2.19. The average molecular weight is 382 g/mol. The van der Waals surface area contributed by atoms with Crippen molar-refractivity contribution in [2.24, 2.45) is 0 Å². The fourth-order valence-corrected chi connectivity index (χ4v) is 3.01. The maximum Gasteiger partial charge on any atom is 0.233 e. The van der Waals surface area contributed by atoms with E-state index in [2.05, 4.69) is 41.0 Å². The van der Waals surface area contributed by atoms with E-state index in [0.29, 0.717) is 11.0 Å². The molecule has 0 bridgehead atoms. The van der Waals surface area contributed by atoms with Gasteiger partial charge in [0.1, 0.15) is 5.76 Å². The fourth-order valence-electron chi connectivity index (χ4n) is 2.28. The number of nitrogens with one attached hydrogen (secondary N) is 1. The smallest absolute Gasteiger partial charge is 0.233 e. The van der Waals surface area contributed by atoms with E-state index in [1.807, 2.05) is 25.1 Å². The zero-order valence-corrected chi connectivity index (χ0v) is 16.6. The van der Waals surface area contributed by atoms with Crippen molar-refractivity contribution >= 4 is 34.5 Å². The number of thiazole rings is 1. The Labute approximate surface area is 162 Å². The number of hydrogen-bond acceptors (Lipinski definition) is 6. The van der Waals surface area contributed by atoms with Gasteiger partial charge in [0.15, 0.2) is 5.13 Å². The van der Waals surface area contributed by atoms with Crippen LogP contribution in [0.1, 0.15) is 55.7 Å². The SMILES string of the molecule is CC(C(=O)Nc1ncc(/C=C/c2ncc(C(C)(C)C)o2)s1)c1cccnc1. The molecule has 140 valence electrons. The Hall–Kier alpha value is -2.80. The van der Waals surface area contributed by atoms with Crippen LogP contribution in [0.2, 0.25) is 0 Å². The van der Waals surface area contributed by atoms with Gasteiger partial charge in [0, 0.05) is 35.0 Å². The van der Waals surface area contributed by atoms with Gasteiger partial charge in [-0.1, -0.05) is 38.2 Å². The first-order valence-corrected chi connectivity index (χ1v) is 9.45. The minimum absolute atomic E-state index is 0.0774. The molecule has 1 unspecified atom stereocenters. The number of pyridine rings is 1. The van der Waals surface area contributed by atoms with Gasteiger partial charge in [0.05, 0.1) is 12.1 Å². The lowest BCUT2D eigenvalue weighted by atomic mass is 9.94. The summed E-state index contributed by atoms with van der Waals surface area (Å²) in [5.41, 5.74) is 0.789. The molecule has 0 aliphatic heterocycles. The van der Waals surface area contributed by atoms with Gasteiger partial charge >= 0.3 is 0 Å². The predicted molar refractivity (Wildman–Crippen MR) is 108 cm³/mol. The number of aromatic nitrogens is 3. The van der Waals surface area contributed by atoms with Crippen LogP contribution in [-0.4, -0.2) is 20.9 Å². The molecule has 0 aromatic carbocycles. The predicted octanol–water partition coefficient (Wildman–Crippen LogP) is 4.74. The summed E-state index contributed by atoms with van der Waals surface area (Å²) in [6.45, 7) is 8.07. The quantitative estimate of drug-likeness (QED) is 0.689. The Bertz CT molecular complexity index is 938. The van der Waals surface area contributed by atoms with Crippen LogP contribution in [0.3, 0.4) is 0 Å². The Kier molecular flexibility index (Phi) is 5.51. The molecular weight excluding hydrogens is 360 g/mol. The van der Waals surface area contributed by atoms with Crippen LogP contribution in [0.15, 0.2) is 41.3 Å². The molecule has 27 heavy (non-hydrogen) atoms. The van der Waals surface area contributed by atoms with Crippen LogP contribution >= 0.6 is 11.3 Å². The van der Waals surface area contributed by atoms with E-state index in [1.54, 1.807) is 30.9 Å². The van der Waals surface area contributed by atoms with Crippen LogP contribution in [0.25, 0.3) is 12.2 Å². The van der Waals surface area contributed by atoms with E-state index < -0.39 is 0 Å². The third-order valence-electron chi connectivity index (χ3n) is 3.98. The number of amides is 1. The highest BCUT2D eigenvalue weighted by molar-refractivity contribution is 7.16. The van der Waals surface area contributed by atoms with Gasteiger partial charge in [-0.25, -0.2) is 9.97 Å². The minimum atomic E-state index is -0.301. The van der Waals surface area contributed by atoms with Gasteiger partial charge < -0.3 is 9.73 Å². The third-order valence-corrected chi connectivity index (χ3v) is 4.86. The maximum absolute atomic E-state index is 12.4. The summed E-state index contributed by atoms with van der Waals surface area (Å²) in [4.78, 5) is 25.9. The molecular formula is C20H22N4O2S. The molecule has 1 N–H and O–H groups in total. The molecule has 6 nitrogen and oxygen atoms in total. The summed E-state index contributed by atoms with van der Waals surface area (Å²) in [5, 5.41) is 3.40. The molecule has 3 rings (SSSR count). The van der Waals surface area contributed by atoms with Crippen molar-refractivity contribution in [3.05, 3.63) is 59.0 Å². The van der Waals surface area contributed by atoms with Crippen molar-refractivity contribution in [3.8, 4) is 0 Å². The highest BCUT2D eigenvalue weighted by atomic mass is 32.1. The topological polar surface area (TPSA) is 80.9 Å². The number of anilines is 1. The summed E-state index contributed by atoms with van der Waals surface area (Å²) in [6, 6.07) is 3.70. The Morgan fingerprint density at radius 3 is 2.70 bits per heavy atom. The zero-order valence-electron chi connectivity index (χ0n) is 15.8. The second-order valence-electron chi connectivity index (χ2n) is 7.21. The molecule has 0 spiro atoms. The molecule has 3 aromatic rings. The van der Waals surface area contributed by atoms with Crippen LogP contribution in [0.5, 0.6) is 0 Å². The normalized spacial score (nSPS) is 13.0. The number of rotatable bonds is 5. The minimum Gasteiger partial charge on any atom is -0.441 e. The molecule has 0 fully saturated rings. The van der Waals surface area contributed by atoms with Crippen molar-refractivity contribution in [3.63, 3.8) is 0 Å². The van der Waals surface area contributed by atoms with Crippen molar-refractivity contribution in [1.29, 1.82) is 0 Å². The van der Waals surface area contributed by atoms with E-state index in [9.17, 15) is 4.79 Å². The highest BCUT2D eigenvalue weighted by Crippen LogP contribution is 2.25. The number of hydrogen-bond donors (Lipinski definition) is 1. The molecule has 0 radical (unpaired) electrons. The summed E-state index contributed by atoms with van der Waals surface area (Å²) >= 11 is 1.39. The second kappa shape index (κ2) is 7.84. The number of carbonyl (C=O) groups is 1. The van der Waals surface area contributed by atoms with Gasteiger partial charge in [-0.05, 0) is 24.6 Å². The van der Waals surface area contributed by atoms with Crippen molar-refractivity contribution in [2.45, 2.75) is 39.0 Å². The Balaban J connectivity index is 1.63. The van der Waals surface area contributed by atoms with Crippen molar-refractivity contribution < 1.29 is 9.21 Å². The lowest BCUT2D eigenvalue weighted by molar-refractivity contribution is -0.117. The first-order valence-electron chi connectivity index (χ1n) is 8.64. The molecule has 3 aromatic heterocycles. The molecule has 0 saturated carbocycles. The lowest BCUT2D eigenvalue weighted by Gasteiger charge is -2.12. The summed E-state index contributed by atoms with van der Waals surface area (Å²) in [5.74, 6) is 0.966. The van der Waals surface area contributed by atoms with Crippen molar-refractivity contribution in [1.82, 2.24) is 15.0 Å². The van der Waals surface area contributed by atoms with Gasteiger partial charge in [-0.3, -0.25) is 9.78 Å². The lowest BCUT2D eigenvalue weighted by Crippen LogP contribution is -2.18. The number of oxazole rings is 1. The maximum atomic E-state index is 12.4. The van der Waals surface area contributed by atoms with Crippen LogP contribution in [0, 0.1) is 0 Å². The first kappa shape index (κ1) is 19.0. The molecule has 0 aliphatic carbocycles. The van der Waals surface area contributed by atoms with E-state index in [1.165, 1.54) is 11.3 Å². The molecule has 1 amide bonds. The first-order chi connectivity index (χ1) is 12.8. The van der Waals surface area contributed by atoms with Crippen LogP contribution < -0.4 is 5.32 Å². The Morgan fingerprint density at radius 1 is 1.22 bits per heavy atom. The van der Waals surface area contributed by atoms with E-state index >= 15 is 0 Å². The second-order valence-corrected chi connectivity index (χ2v) is 8.27. The fraction of sp³-hybridized carbons (Fsp3) is 0.300. The van der Waals surface area contributed by atoms with E-state index in [0.717, 1.165) is 16.2 Å². The van der Waals surface area contributed by atoms with Crippen LogP contribution in [0.4, 0.5) is 5.13 Å². The standard InChI is InChI=1S/C20H22N4O2S/c1-13(14-6-5-9-21-10-14)18(25)24-19-23-11-15(27-19)7-8-17-22-12-16(26-17)20(2,3)4/h5-13H,1-4H3,(H,23,24,25)/b8-7+. The largest absolute Gasteiger partial charge is 0.441 e. The monoisotopic (exact) mass is 382 g/mol.